The van der Waals surface area contributed by atoms with Crippen molar-refractivity contribution in [3.8, 4) is 0 Å². The van der Waals surface area contributed by atoms with Gasteiger partial charge in [-0.1, -0.05) is 14.7 Å². The zero-order valence-electron chi connectivity index (χ0n) is 18.5. The van der Waals surface area contributed by atoms with Crippen LogP contribution in [0.1, 0.15) is 23.5 Å². The highest BCUT2D eigenvalue weighted by molar-refractivity contribution is 7.51. The van der Waals surface area contributed by atoms with Crippen LogP contribution in [-0.4, -0.2) is 74.7 Å². The number of allylic oxidation sites excluding steroid dienone is 1. The maximum Gasteiger partial charge on any atom is 0.252 e. The van der Waals surface area contributed by atoms with Gasteiger partial charge < -0.3 is 14.7 Å². The molecule has 5 heterocycles. The Labute approximate surface area is 184 Å². The SMILES string of the molecule is Cc1cn2nc(C3=CC(=O)N4C=C(N5CC[C@H](CN(C)C)C5)C=CC4P3)cc2c(C)n1. The molecule has 1 amide bonds. The number of nitrogens with zero attached hydrogens (tertiary/aromatic N) is 6. The van der Waals surface area contributed by atoms with E-state index in [0.717, 1.165) is 53.2 Å². The van der Waals surface area contributed by atoms with Gasteiger partial charge in [0.2, 0.25) is 0 Å². The van der Waals surface area contributed by atoms with E-state index in [4.69, 9.17) is 5.10 Å². The lowest BCUT2D eigenvalue weighted by atomic mass is 10.1. The van der Waals surface area contributed by atoms with Gasteiger partial charge in [0.25, 0.3) is 5.91 Å². The van der Waals surface area contributed by atoms with Crippen LogP contribution in [-0.2, 0) is 4.79 Å². The summed E-state index contributed by atoms with van der Waals surface area (Å²) in [5, 5.41) is 5.75. The van der Waals surface area contributed by atoms with E-state index in [2.05, 4.69) is 41.0 Å². The van der Waals surface area contributed by atoms with E-state index in [-0.39, 0.29) is 11.7 Å². The molecule has 3 aliphatic heterocycles. The summed E-state index contributed by atoms with van der Waals surface area (Å²) in [6.45, 7) is 7.18. The first-order chi connectivity index (χ1) is 14.9. The third-order valence-corrected chi connectivity index (χ3v) is 7.63. The monoisotopic (exact) mass is 436 g/mol. The van der Waals surface area contributed by atoms with Gasteiger partial charge in [0.15, 0.2) is 0 Å². The minimum atomic E-state index is 0.0349. The van der Waals surface area contributed by atoms with Crippen LogP contribution in [0.3, 0.4) is 0 Å². The molecule has 0 bridgehead atoms. The number of fused-ring (bicyclic) bond motifs is 2. The Morgan fingerprint density at radius 2 is 2.13 bits per heavy atom. The standard InChI is InChI=1S/C23H29N6OP/c1-15-11-29-20(16(2)24-15)9-19(25-29)21-10-22(30)28-14-18(5-6-23(28)31-21)27-8-7-17(13-27)12-26(3)4/h5-6,9-11,14,17,23,31H,7-8,12-13H2,1-4H3/t17-,23?/m1/s1. The van der Waals surface area contributed by atoms with Gasteiger partial charge >= 0.3 is 0 Å². The number of amides is 1. The lowest BCUT2D eigenvalue weighted by Gasteiger charge is -2.35. The lowest BCUT2D eigenvalue weighted by Crippen LogP contribution is -2.37. The highest BCUT2D eigenvalue weighted by Crippen LogP contribution is 2.44. The molecule has 2 aromatic heterocycles. The summed E-state index contributed by atoms with van der Waals surface area (Å²) in [5.41, 5.74) is 4.90. The molecule has 2 aromatic rings. The molecule has 3 aliphatic rings. The number of likely N-dealkylation sites (tertiary alicyclic amines) is 1. The first-order valence-electron chi connectivity index (χ1n) is 10.8. The zero-order chi connectivity index (χ0) is 21.7. The number of aromatic nitrogens is 3. The summed E-state index contributed by atoms with van der Waals surface area (Å²) in [6.07, 6.45) is 11.3. The van der Waals surface area contributed by atoms with Crippen LogP contribution < -0.4 is 0 Å². The first kappa shape index (κ1) is 20.4. The summed E-state index contributed by atoms with van der Waals surface area (Å²) in [4.78, 5) is 24.1. The highest BCUT2D eigenvalue weighted by atomic mass is 31.1. The van der Waals surface area contributed by atoms with Gasteiger partial charge in [-0.05, 0) is 52.4 Å². The molecule has 0 aliphatic carbocycles. The maximum atomic E-state index is 13.0. The summed E-state index contributed by atoms with van der Waals surface area (Å²) in [6, 6.07) is 2.05. The third kappa shape index (κ3) is 3.92. The molecular formula is C23H29N6OP. The van der Waals surface area contributed by atoms with Crippen molar-refractivity contribution in [2.75, 3.05) is 33.7 Å². The van der Waals surface area contributed by atoms with E-state index < -0.39 is 0 Å². The Kier molecular flexibility index (Phi) is 5.19. The smallest absolute Gasteiger partial charge is 0.252 e. The van der Waals surface area contributed by atoms with Crippen molar-refractivity contribution < 1.29 is 4.79 Å². The van der Waals surface area contributed by atoms with Gasteiger partial charge in [-0.2, -0.15) is 5.10 Å². The number of carbonyl (C=O) groups excluding carboxylic acids is 1. The Morgan fingerprint density at radius 1 is 1.29 bits per heavy atom. The van der Waals surface area contributed by atoms with Crippen LogP contribution in [0.15, 0.2) is 42.4 Å². The van der Waals surface area contributed by atoms with Crippen LogP contribution in [0.5, 0.6) is 0 Å². The predicted octanol–water partition coefficient (Wildman–Crippen LogP) is 2.83. The second kappa shape index (κ2) is 7.88. The molecule has 0 saturated carbocycles. The quantitative estimate of drug-likeness (QED) is 0.690. The van der Waals surface area contributed by atoms with Crippen LogP contribution in [0.2, 0.25) is 0 Å². The van der Waals surface area contributed by atoms with Crippen LogP contribution >= 0.6 is 8.58 Å². The fourth-order valence-electron chi connectivity index (χ4n) is 4.76. The van der Waals surface area contributed by atoms with Crippen molar-refractivity contribution in [1.29, 1.82) is 0 Å². The average molecular weight is 437 g/mol. The summed E-state index contributed by atoms with van der Waals surface area (Å²) < 4.78 is 1.88. The van der Waals surface area contributed by atoms with Crippen molar-refractivity contribution in [2.24, 2.45) is 5.92 Å². The molecule has 8 heteroatoms. The van der Waals surface area contributed by atoms with E-state index in [1.807, 2.05) is 41.7 Å². The van der Waals surface area contributed by atoms with Crippen LogP contribution in [0, 0.1) is 19.8 Å². The second-order valence-corrected chi connectivity index (χ2v) is 10.4. The van der Waals surface area contributed by atoms with Crippen molar-refractivity contribution in [2.45, 2.75) is 26.1 Å². The van der Waals surface area contributed by atoms with Crippen molar-refractivity contribution >= 4 is 25.3 Å². The molecule has 0 radical (unpaired) electrons. The fraction of sp³-hybridized carbons (Fsp3) is 0.435. The van der Waals surface area contributed by atoms with E-state index in [1.165, 1.54) is 6.42 Å². The van der Waals surface area contributed by atoms with Gasteiger partial charge in [-0.15, -0.1) is 0 Å². The van der Waals surface area contributed by atoms with E-state index in [0.29, 0.717) is 14.5 Å². The molecule has 1 saturated heterocycles. The van der Waals surface area contributed by atoms with E-state index in [1.54, 1.807) is 6.08 Å². The Bertz CT molecular complexity index is 1130. The number of hydrogen-bond donors (Lipinski definition) is 0. The first-order valence-corrected chi connectivity index (χ1v) is 11.9. The van der Waals surface area contributed by atoms with Gasteiger partial charge in [0, 0.05) is 37.2 Å². The van der Waals surface area contributed by atoms with Crippen LogP contribution in [0.25, 0.3) is 10.8 Å². The lowest BCUT2D eigenvalue weighted by molar-refractivity contribution is -0.123. The molecule has 0 aromatic carbocycles. The Balaban J connectivity index is 1.36. The molecule has 3 atom stereocenters. The number of rotatable bonds is 4. The minimum absolute atomic E-state index is 0.0349. The number of aryl methyl sites for hydroxylation is 2. The molecule has 31 heavy (non-hydrogen) atoms. The molecule has 5 rings (SSSR count). The Morgan fingerprint density at radius 3 is 2.94 bits per heavy atom. The minimum Gasteiger partial charge on any atom is -0.370 e. The van der Waals surface area contributed by atoms with Gasteiger partial charge in [-0.25, -0.2) is 4.52 Å². The molecule has 2 unspecified atom stereocenters. The molecule has 0 N–H and O–H groups in total. The van der Waals surface area contributed by atoms with Gasteiger partial charge in [0.1, 0.15) is 0 Å². The highest BCUT2D eigenvalue weighted by Gasteiger charge is 2.32. The summed E-state index contributed by atoms with van der Waals surface area (Å²) in [7, 11) is 4.73. The summed E-state index contributed by atoms with van der Waals surface area (Å²) >= 11 is 0. The number of hydrogen-bond acceptors (Lipinski definition) is 5. The second-order valence-electron chi connectivity index (χ2n) is 9.00. The molecular weight excluding hydrogens is 407 g/mol. The van der Waals surface area contributed by atoms with Crippen molar-refractivity contribution in [3.05, 3.63) is 59.5 Å². The van der Waals surface area contributed by atoms with Gasteiger partial charge in [-0.3, -0.25) is 9.78 Å². The Hall–Kier alpha value is -2.50. The predicted molar refractivity (Wildman–Crippen MR) is 125 cm³/mol. The van der Waals surface area contributed by atoms with Gasteiger partial charge in [0.05, 0.1) is 40.3 Å². The van der Waals surface area contributed by atoms with E-state index in [9.17, 15) is 4.79 Å². The van der Waals surface area contributed by atoms with Crippen molar-refractivity contribution in [3.63, 3.8) is 0 Å². The fourth-order valence-corrected chi connectivity index (χ4v) is 6.08. The van der Waals surface area contributed by atoms with Crippen molar-refractivity contribution in [1.82, 2.24) is 29.3 Å². The van der Waals surface area contributed by atoms with Crippen LogP contribution in [0.4, 0.5) is 0 Å². The largest absolute Gasteiger partial charge is 0.370 e. The zero-order valence-corrected chi connectivity index (χ0v) is 19.5. The molecule has 7 nitrogen and oxygen atoms in total. The third-order valence-electron chi connectivity index (χ3n) is 6.16. The van der Waals surface area contributed by atoms with E-state index >= 15 is 0 Å². The molecule has 1 fully saturated rings. The average Bonchev–Trinajstić information content (AvgIpc) is 3.34. The molecule has 162 valence electrons. The molecule has 0 spiro atoms. The maximum absolute atomic E-state index is 13.0. The topological polar surface area (TPSA) is 57.0 Å². The normalized spacial score (nSPS) is 24.4. The summed E-state index contributed by atoms with van der Waals surface area (Å²) in [5.74, 6) is 0.791. The number of carbonyl (C=O) groups is 1.